The summed E-state index contributed by atoms with van der Waals surface area (Å²) >= 11 is 0. The zero-order valence-electron chi connectivity index (χ0n) is 52.1. The Labute approximate surface area is 533 Å². The van der Waals surface area contributed by atoms with Crippen molar-refractivity contribution < 1.29 is 101 Å². The molecular weight excluding hydrogens is 1300 g/mol. The molecule has 4 unspecified atom stereocenters. The second-order valence-electron chi connectivity index (χ2n) is 24.4. The van der Waals surface area contributed by atoms with Crippen LogP contribution >= 0.6 is 23.5 Å². The van der Waals surface area contributed by atoms with Crippen LogP contribution in [0.5, 0.6) is 5.75 Å². The first kappa shape index (κ1) is 72.2. The average Bonchev–Trinajstić information content (AvgIpc) is 1.40. The van der Waals surface area contributed by atoms with Crippen LogP contribution < -0.4 is 20.7 Å². The van der Waals surface area contributed by atoms with Gasteiger partial charge in [0.15, 0.2) is 23.4 Å². The van der Waals surface area contributed by atoms with Crippen molar-refractivity contribution in [3.05, 3.63) is 108 Å². The monoisotopic (exact) mass is 1380 g/mol. The molecule has 2 aromatic heterocycles. The number of allylic oxidation sites excluding steroid dienone is 9. The number of ether oxygens (including phenoxy) is 2. The number of benzene rings is 2. The number of aliphatic hydroxyl groups is 2. The molecule has 1 saturated heterocycles. The molecule has 2 aromatic carbocycles. The average molecular weight is 1380 g/mol. The molecule has 4 aliphatic heterocycles. The minimum absolute atomic E-state index is 0.00513. The van der Waals surface area contributed by atoms with Crippen LogP contribution in [0.2, 0.25) is 0 Å². The molecule has 0 spiro atoms. The Bertz CT molecular complexity index is 4050. The zero-order valence-corrected chi connectivity index (χ0v) is 56.4. The molecule has 1 fully saturated rings. The number of likely N-dealkylation sites (N-methyl/N-ethyl adjacent to an activating group) is 1. The highest BCUT2D eigenvalue weighted by molar-refractivity contribution is 7.86. The van der Waals surface area contributed by atoms with Crippen molar-refractivity contribution in [1.82, 2.24) is 24.8 Å². The Kier molecular flexibility index (Phi) is 22.2. The predicted molar refractivity (Wildman–Crippen MR) is 341 cm³/mol. The van der Waals surface area contributed by atoms with E-state index in [0.717, 1.165) is 52.3 Å². The van der Waals surface area contributed by atoms with E-state index < -0.39 is 92.6 Å². The molecular formula is C58H80N8O21P3S2+. The number of unbranched alkanes of at least 4 members (excludes halogenated alkanes) is 3. The lowest BCUT2D eigenvalue weighted by Gasteiger charge is -2.43. The van der Waals surface area contributed by atoms with Gasteiger partial charge in [0.2, 0.25) is 11.6 Å². The Morgan fingerprint density at radius 3 is 2.27 bits per heavy atom. The van der Waals surface area contributed by atoms with Gasteiger partial charge in [-0.1, -0.05) is 64.0 Å². The van der Waals surface area contributed by atoms with Crippen molar-refractivity contribution in [3.8, 4) is 5.75 Å². The van der Waals surface area contributed by atoms with Gasteiger partial charge < -0.3 is 50.3 Å². The number of phosphoric acid groups is 3. The van der Waals surface area contributed by atoms with E-state index in [1.807, 2.05) is 48.0 Å². The van der Waals surface area contributed by atoms with Gasteiger partial charge in [-0.15, -0.1) is 0 Å². The lowest BCUT2D eigenvalue weighted by molar-refractivity contribution is -0.437. The zero-order chi connectivity index (χ0) is 67.6. The summed E-state index contributed by atoms with van der Waals surface area (Å²) in [4.78, 5) is 57.5. The largest absolute Gasteiger partial charge is 0.490 e. The highest BCUT2D eigenvalue weighted by Crippen LogP contribution is 2.68. The Hall–Kier alpha value is -5.66. The fourth-order valence-electron chi connectivity index (χ4n) is 11.7. The molecule has 0 radical (unpaired) electrons. The van der Waals surface area contributed by atoms with Crippen LogP contribution in [0.1, 0.15) is 130 Å². The van der Waals surface area contributed by atoms with Gasteiger partial charge in [-0.05, 0) is 95.7 Å². The van der Waals surface area contributed by atoms with Crippen LogP contribution in [0.4, 0.5) is 17.2 Å². The summed E-state index contributed by atoms with van der Waals surface area (Å²) in [6, 6.07) is 8.43. The minimum Gasteiger partial charge on any atom is -0.460 e. The van der Waals surface area contributed by atoms with Gasteiger partial charge in [-0.3, -0.25) is 27.5 Å². The molecule has 0 saturated carbocycles. The molecule has 0 bridgehead atoms. The van der Waals surface area contributed by atoms with E-state index in [1.165, 1.54) is 29.1 Å². The van der Waals surface area contributed by atoms with E-state index in [-0.39, 0.29) is 83.9 Å². The van der Waals surface area contributed by atoms with Crippen LogP contribution in [0.25, 0.3) is 22.3 Å². The SMILES string of the molecule is CCN1c2cc3c(cc2C(C)=CC1(C)C)C(=CC=CC=CC1=[N+](CCCS(=O)(=O)O)c2ccc(S(=O)(=O)O)cc2C1(C)CCCC(=O)NCCCCCCOP(=O)(O)OP(=O)(O)OP(=O)(O)OC[C@H]1O[C@@H](n2cnc4c(N)ncnc42)[C@H](O)[C@@H]1O)C=C(C(C)(C)C)O3. The molecule has 8 atom stereocenters. The fraction of sp³-hybridized carbons (Fsp3) is 0.500. The number of phosphoric ester groups is 2. The van der Waals surface area contributed by atoms with Crippen LogP contribution in [-0.2, 0) is 66.5 Å². The molecule has 504 valence electrons. The van der Waals surface area contributed by atoms with E-state index in [1.54, 1.807) is 0 Å². The Morgan fingerprint density at radius 2 is 1.59 bits per heavy atom. The summed E-state index contributed by atoms with van der Waals surface area (Å²) in [5, 5.41) is 24.0. The van der Waals surface area contributed by atoms with Crippen molar-refractivity contribution in [1.29, 1.82) is 0 Å². The van der Waals surface area contributed by atoms with E-state index in [9.17, 15) is 69.3 Å². The number of amides is 1. The standard InChI is InChI=1S/C58H79N8O21P3S2/c1-9-66-44-32-45-41(31-40(44)37(2)33-57(66,6)7)38(29-48(84-45)56(3,4)5)19-13-12-14-20-47-58(8,42-30-39(92(79,80)81)22-23-43(42)64(47)26-18-28-91(76,77)78)24-17-21-49(67)60-25-15-10-11-16-27-82-88(70,71)86-90(74,75)87-89(72,73)83-34-46-51(68)52(69)55(85-46)65-36-63-50-53(59)61-35-62-54(50)65/h12-14,19-20,22-23,29-33,35-36,46,51-52,55,68-69H,9-11,15-18,21,24-28,34H2,1-8H3,(H7-,59,60,61,62,67,70,71,72,73,74,75,76,77,78,79,80,81)/p+1/t46-,51-,52-,55-,58?/m1/s1. The van der Waals surface area contributed by atoms with Crippen LogP contribution in [0.15, 0.2) is 96.2 Å². The highest BCUT2D eigenvalue weighted by atomic mass is 32.2. The third-order valence-electron chi connectivity index (χ3n) is 16.0. The molecule has 8 rings (SSSR count). The lowest BCUT2D eigenvalue weighted by atomic mass is 9.75. The van der Waals surface area contributed by atoms with E-state index in [0.29, 0.717) is 36.2 Å². The lowest BCUT2D eigenvalue weighted by Crippen LogP contribution is -2.45. The smallest absolute Gasteiger partial charge is 0.460 e. The number of hydrogen-bond acceptors (Lipinski definition) is 21. The first-order valence-electron chi connectivity index (χ1n) is 29.6. The number of anilines is 2. The van der Waals surface area contributed by atoms with Crippen molar-refractivity contribution in [3.63, 3.8) is 0 Å². The van der Waals surface area contributed by atoms with Crippen molar-refractivity contribution >= 4 is 94.8 Å². The Balaban J connectivity index is 0.846. The molecule has 1 amide bonds. The maximum Gasteiger partial charge on any atom is 0.490 e. The second-order valence-corrected chi connectivity index (χ2v) is 32.1. The van der Waals surface area contributed by atoms with Crippen molar-refractivity contribution in [2.75, 3.05) is 49.2 Å². The number of nitrogen functional groups attached to an aromatic ring is 1. The number of aliphatic hydroxyl groups excluding tert-OH is 2. The number of nitrogens with two attached hydrogens (primary N) is 1. The van der Waals surface area contributed by atoms with Gasteiger partial charge in [0.05, 0.1) is 41.1 Å². The normalized spacial score (nSPS) is 23.2. The summed E-state index contributed by atoms with van der Waals surface area (Å²) < 4.78 is 140. The highest BCUT2D eigenvalue weighted by Gasteiger charge is 2.50. The van der Waals surface area contributed by atoms with Crippen molar-refractivity contribution in [2.24, 2.45) is 5.41 Å². The second kappa shape index (κ2) is 28.3. The third kappa shape index (κ3) is 17.4. The van der Waals surface area contributed by atoms with Gasteiger partial charge in [-0.25, -0.2) is 28.6 Å². The molecule has 10 N–H and O–H groups in total. The molecule has 4 aliphatic rings. The third-order valence-corrected chi connectivity index (χ3v) is 22.0. The number of hydrogen-bond donors (Lipinski definition) is 9. The first-order chi connectivity index (χ1) is 42.8. The molecule has 0 aliphatic carbocycles. The Morgan fingerprint density at radius 1 is 0.880 bits per heavy atom. The maximum atomic E-state index is 13.3. The van der Waals surface area contributed by atoms with Crippen LogP contribution in [0.3, 0.4) is 0 Å². The number of nitrogens with zero attached hydrogens (tertiary/aromatic N) is 6. The van der Waals surface area contributed by atoms with Gasteiger partial charge in [0.25, 0.3) is 20.2 Å². The quantitative estimate of drug-likeness (QED) is 0.00810. The number of carbonyl (C=O) groups excluding carboxylic acids is 1. The van der Waals surface area contributed by atoms with Gasteiger partial charge in [0.1, 0.15) is 48.2 Å². The number of rotatable bonds is 29. The minimum atomic E-state index is -5.86. The van der Waals surface area contributed by atoms with E-state index in [2.05, 4.69) is 105 Å². The number of aromatic nitrogens is 4. The van der Waals surface area contributed by atoms with Gasteiger partial charge >= 0.3 is 23.5 Å². The summed E-state index contributed by atoms with van der Waals surface area (Å²) in [7, 11) is -25.9. The van der Waals surface area contributed by atoms with E-state index in [4.69, 9.17) is 19.7 Å². The summed E-state index contributed by atoms with van der Waals surface area (Å²) in [5.41, 5.74) is 11.4. The number of carbonyl (C=O) groups is 1. The number of fused-ring (bicyclic) bond motifs is 4. The molecule has 6 heterocycles. The number of nitrogens with one attached hydrogen (secondary N) is 1. The predicted octanol–water partition coefficient (Wildman–Crippen LogP) is 8.36. The van der Waals surface area contributed by atoms with E-state index >= 15 is 0 Å². The topological polar surface area (TPSA) is 421 Å². The first-order valence-corrected chi connectivity index (χ1v) is 37.1. The van der Waals surface area contributed by atoms with Gasteiger partial charge in [0, 0.05) is 71.9 Å². The molecule has 29 nitrogen and oxygen atoms in total. The fourth-order valence-corrected chi connectivity index (χ4v) is 16.2. The van der Waals surface area contributed by atoms with Crippen LogP contribution in [-0.4, -0.2) is 149 Å². The number of imidazole rings is 1. The van der Waals surface area contributed by atoms with Crippen LogP contribution in [0, 0.1) is 5.41 Å². The summed E-state index contributed by atoms with van der Waals surface area (Å²) in [6.07, 6.45) is 11.7. The molecule has 34 heteroatoms. The van der Waals surface area contributed by atoms with Gasteiger partial charge in [-0.2, -0.15) is 30.0 Å². The molecule has 4 aromatic rings. The van der Waals surface area contributed by atoms with Crippen molar-refractivity contribution in [2.45, 2.75) is 147 Å². The summed E-state index contributed by atoms with van der Waals surface area (Å²) in [5.74, 6) is 0.683. The maximum absolute atomic E-state index is 13.3. The summed E-state index contributed by atoms with van der Waals surface area (Å²) in [6.45, 7) is 16.4. The molecule has 92 heavy (non-hydrogen) atoms.